The number of hydrogen-bond donors (Lipinski definition) is 0. The first-order chi connectivity index (χ1) is 10.9. The van der Waals surface area contributed by atoms with Gasteiger partial charge in [0.2, 0.25) is 0 Å². The van der Waals surface area contributed by atoms with Crippen molar-refractivity contribution >= 4 is 20.3 Å². The second-order valence-electron chi connectivity index (χ2n) is 6.32. The van der Waals surface area contributed by atoms with Gasteiger partial charge in [-0.05, 0) is 25.1 Å². The molecule has 0 amide bonds. The Morgan fingerprint density at radius 3 is 1.70 bits per heavy atom. The summed E-state index contributed by atoms with van der Waals surface area (Å²) in [5, 5.41) is 0. The van der Waals surface area contributed by atoms with Gasteiger partial charge in [-0.1, -0.05) is 65.9 Å². The molecule has 0 aliphatic rings. The molecule has 0 bridgehead atoms. The first-order valence-electron chi connectivity index (χ1n) is 8.95. The molecule has 0 saturated heterocycles. The fourth-order valence-corrected chi connectivity index (χ4v) is 7.14. The van der Waals surface area contributed by atoms with E-state index < -0.39 is 20.3 Å². The summed E-state index contributed by atoms with van der Waals surface area (Å²) in [4.78, 5) is 23.6. The molecule has 0 saturated carbocycles. The van der Waals surface area contributed by atoms with Crippen molar-refractivity contribution in [3.8, 4) is 0 Å². The highest BCUT2D eigenvalue weighted by atomic mass is 28.4. The van der Waals surface area contributed by atoms with Crippen molar-refractivity contribution in [1.29, 1.82) is 0 Å². The monoisotopic (exact) mass is 342 g/mol. The van der Waals surface area contributed by atoms with Gasteiger partial charge in [-0.15, -0.1) is 0 Å². The summed E-state index contributed by atoms with van der Waals surface area (Å²) in [6.07, 6.45) is 6.61. The Hall–Kier alpha value is -1.10. The molecule has 0 aliphatic carbocycles. The van der Waals surface area contributed by atoms with Crippen LogP contribution in [0.3, 0.4) is 0 Å². The molecule has 0 atom stereocenters. The Bertz CT molecular complexity index is 357. The number of hydrogen-bond acceptors (Lipinski definition) is 4. The van der Waals surface area contributed by atoms with Crippen LogP contribution >= 0.6 is 0 Å². The van der Waals surface area contributed by atoms with Gasteiger partial charge in [0.05, 0.1) is 0 Å². The maximum atomic E-state index is 12.2. The number of carbonyl (C=O) groups is 2. The van der Waals surface area contributed by atoms with Crippen LogP contribution in [0.4, 0.5) is 0 Å². The van der Waals surface area contributed by atoms with Crippen LogP contribution in [-0.4, -0.2) is 26.9 Å². The van der Waals surface area contributed by atoms with E-state index in [9.17, 15) is 9.59 Å². The van der Waals surface area contributed by atoms with Crippen molar-refractivity contribution in [3.05, 3.63) is 12.2 Å². The second kappa shape index (κ2) is 12.3. The maximum absolute atomic E-state index is 12.2. The van der Waals surface area contributed by atoms with Crippen LogP contribution in [0.5, 0.6) is 0 Å². The van der Waals surface area contributed by atoms with E-state index in [1.54, 1.807) is 6.92 Å². The van der Waals surface area contributed by atoms with Gasteiger partial charge in [0.25, 0.3) is 8.32 Å². The molecule has 0 aromatic carbocycles. The van der Waals surface area contributed by atoms with E-state index in [1.165, 1.54) is 0 Å². The summed E-state index contributed by atoms with van der Waals surface area (Å²) in [7, 11) is -2.08. The third kappa shape index (κ3) is 9.59. The van der Waals surface area contributed by atoms with Gasteiger partial charge in [-0.2, -0.15) is 0 Å². The predicted octanol–water partition coefficient (Wildman–Crippen LogP) is 4.99. The Balaban J connectivity index is 4.81. The normalized spacial score (nSPS) is 11.1. The highest BCUT2D eigenvalue weighted by molar-refractivity contribution is 6.75. The maximum Gasteiger partial charge on any atom is 0.333 e. The third-order valence-corrected chi connectivity index (χ3v) is 8.41. The number of unbranched alkanes of at least 4 members (excludes halogenated alkanes) is 3. The quantitative estimate of drug-likeness (QED) is 0.269. The number of ether oxygens (including phenoxy) is 1. The summed E-state index contributed by atoms with van der Waals surface area (Å²) >= 11 is 0. The minimum Gasteiger partial charge on any atom is -0.517 e. The predicted molar refractivity (Wildman–Crippen MR) is 96.8 cm³/mol. The van der Waals surface area contributed by atoms with Gasteiger partial charge in [-0.3, -0.25) is 0 Å². The van der Waals surface area contributed by atoms with Crippen molar-refractivity contribution in [2.45, 2.75) is 84.4 Å². The van der Waals surface area contributed by atoms with Crippen LogP contribution in [-0.2, 0) is 18.8 Å². The lowest BCUT2D eigenvalue weighted by atomic mass is 10.4. The standard InChI is InChI=1S/C18H34O4Si/c1-6-9-12-23(13-10-7-2,14-11-8-3)22-17(19)15-21-18(20)16(4)5/h4,6-15H2,1-3,5H3. The molecule has 0 rings (SSSR count). The van der Waals surface area contributed by atoms with Crippen molar-refractivity contribution < 1.29 is 18.8 Å². The topological polar surface area (TPSA) is 52.6 Å². The molecule has 0 unspecified atom stereocenters. The summed E-state index contributed by atoms with van der Waals surface area (Å²) in [5.41, 5.74) is 0.296. The minimum atomic E-state index is -2.08. The van der Waals surface area contributed by atoms with E-state index in [-0.39, 0.29) is 6.61 Å². The van der Waals surface area contributed by atoms with Crippen LogP contribution in [0, 0.1) is 0 Å². The van der Waals surface area contributed by atoms with E-state index in [0.29, 0.717) is 5.57 Å². The zero-order valence-corrected chi connectivity index (χ0v) is 16.4. The lowest BCUT2D eigenvalue weighted by molar-refractivity contribution is -0.151. The fourth-order valence-electron chi connectivity index (χ4n) is 2.54. The molecule has 134 valence electrons. The van der Waals surface area contributed by atoms with E-state index >= 15 is 0 Å². The SMILES string of the molecule is C=C(C)C(=O)OCC(=O)O[Si](CCCC)(CCCC)CCCC. The summed E-state index contributed by atoms with van der Waals surface area (Å²) in [6, 6.07) is 3.05. The van der Waals surface area contributed by atoms with Crippen molar-refractivity contribution in [2.75, 3.05) is 6.61 Å². The van der Waals surface area contributed by atoms with Gasteiger partial charge in [0, 0.05) is 5.57 Å². The highest BCUT2D eigenvalue weighted by Crippen LogP contribution is 2.29. The number of esters is 1. The Morgan fingerprint density at radius 1 is 0.913 bits per heavy atom. The number of rotatable bonds is 13. The van der Waals surface area contributed by atoms with Crippen molar-refractivity contribution in [3.63, 3.8) is 0 Å². The molecular formula is C18H34O4Si. The molecule has 0 heterocycles. The molecule has 23 heavy (non-hydrogen) atoms. The van der Waals surface area contributed by atoms with Gasteiger partial charge in [0.15, 0.2) is 6.61 Å². The molecule has 0 spiro atoms. The smallest absolute Gasteiger partial charge is 0.333 e. The lowest BCUT2D eigenvalue weighted by Crippen LogP contribution is -2.41. The molecular weight excluding hydrogens is 308 g/mol. The zero-order valence-electron chi connectivity index (χ0n) is 15.4. The molecule has 0 aliphatic heterocycles. The van der Waals surface area contributed by atoms with Crippen LogP contribution in [0.2, 0.25) is 18.1 Å². The van der Waals surface area contributed by atoms with E-state index in [2.05, 4.69) is 27.4 Å². The van der Waals surface area contributed by atoms with Crippen molar-refractivity contribution in [2.24, 2.45) is 0 Å². The van der Waals surface area contributed by atoms with Crippen LogP contribution in [0.25, 0.3) is 0 Å². The van der Waals surface area contributed by atoms with Gasteiger partial charge in [-0.25, -0.2) is 9.59 Å². The largest absolute Gasteiger partial charge is 0.517 e. The lowest BCUT2D eigenvalue weighted by Gasteiger charge is -2.31. The molecule has 5 heteroatoms. The van der Waals surface area contributed by atoms with Crippen LogP contribution in [0.15, 0.2) is 12.2 Å². The second-order valence-corrected chi connectivity index (χ2v) is 10.4. The molecule has 0 N–H and O–H groups in total. The summed E-state index contributed by atoms with van der Waals surface area (Å²) in [5.74, 6) is -0.931. The summed E-state index contributed by atoms with van der Waals surface area (Å²) in [6.45, 7) is 11.3. The van der Waals surface area contributed by atoms with E-state index in [4.69, 9.17) is 9.16 Å². The molecule has 0 aromatic rings. The minimum absolute atomic E-state index is 0.296. The Kier molecular flexibility index (Phi) is 11.7. The van der Waals surface area contributed by atoms with Gasteiger partial charge in [0.1, 0.15) is 0 Å². The highest BCUT2D eigenvalue weighted by Gasteiger charge is 2.37. The van der Waals surface area contributed by atoms with E-state index in [1.807, 2.05) is 0 Å². The molecule has 4 nitrogen and oxygen atoms in total. The molecule has 0 radical (unpaired) electrons. The third-order valence-electron chi connectivity index (χ3n) is 3.96. The number of carbonyl (C=O) groups excluding carboxylic acids is 2. The average Bonchev–Trinajstić information content (AvgIpc) is 2.53. The first kappa shape index (κ1) is 21.9. The average molecular weight is 343 g/mol. The van der Waals surface area contributed by atoms with Gasteiger partial charge >= 0.3 is 11.9 Å². The summed E-state index contributed by atoms with van der Waals surface area (Å²) < 4.78 is 10.9. The Morgan fingerprint density at radius 2 is 1.35 bits per heavy atom. The first-order valence-corrected chi connectivity index (χ1v) is 11.5. The van der Waals surface area contributed by atoms with Crippen LogP contribution < -0.4 is 0 Å². The van der Waals surface area contributed by atoms with Gasteiger partial charge < -0.3 is 9.16 Å². The van der Waals surface area contributed by atoms with Crippen LogP contribution in [0.1, 0.15) is 66.2 Å². The fraction of sp³-hybridized carbons (Fsp3) is 0.778. The van der Waals surface area contributed by atoms with Crippen molar-refractivity contribution in [1.82, 2.24) is 0 Å². The van der Waals surface area contributed by atoms with E-state index in [0.717, 1.165) is 56.7 Å². The molecule has 0 aromatic heterocycles. The molecule has 0 fully saturated rings. The zero-order chi connectivity index (χ0) is 17.7. The Labute approximate surface area is 142 Å².